The van der Waals surface area contributed by atoms with Gasteiger partial charge in [0.1, 0.15) is 5.76 Å². The number of hydrogen-bond donors (Lipinski definition) is 3. The summed E-state index contributed by atoms with van der Waals surface area (Å²) in [4.78, 5) is 34.0. The molecule has 0 aliphatic carbocycles. The number of carbonyl (C=O) groups excluding carboxylic acids is 3. The van der Waals surface area contributed by atoms with Crippen LogP contribution in [0.4, 0.5) is 10.5 Å². The van der Waals surface area contributed by atoms with Crippen molar-refractivity contribution in [3.05, 3.63) is 54.0 Å². The van der Waals surface area contributed by atoms with Gasteiger partial charge in [0, 0.05) is 5.69 Å². The van der Waals surface area contributed by atoms with Gasteiger partial charge in [0.05, 0.1) is 18.4 Å². The summed E-state index contributed by atoms with van der Waals surface area (Å²) in [5.74, 6) is -0.493. The minimum atomic E-state index is -0.700. The van der Waals surface area contributed by atoms with E-state index in [9.17, 15) is 14.4 Å². The highest BCUT2D eigenvalue weighted by molar-refractivity contribution is 5.93. The molecule has 0 atom stereocenters. The molecule has 4 N–H and O–H groups in total. The molecule has 1 aromatic carbocycles. The molecule has 0 saturated heterocycles. The highest BCUT2D eigenvalue weighted by atomic mass is 16.5. The highest BCUT2D eigenvalue weighted by Crippen LogP contribution is 2.10. The molecule has 0 spiro atoms. The number of benzene rings is 1. The third-order valence-electron chi connectivity index (χ3n) is 2.76. The monoisotopic (exact) mass is 317 g/mol. The lowest BCUT2D eigenvalue weighted by Crippen LogP contribution is -2.28. The van der Waals surface area contributed by atoms with Gasteiger partial charge in [0.2, 0.25) is 0 Å². The van der Waals surface area contributed by atoms with Gasteiger partial charge in [-0.1, -0.05) is 0 Å². The molecule has 8 heteroatoms. The molecule has 2 aromatic rings. The van der Waals surface area contributed by atoms with Gasteiger partial charge in [-0.3, -0.25) is 4.79 Å². The molecule has 8 nitrogen and oxygen atoms in total. The van der Waals surface area contributed by atoms with Crippen LogP contribution in [0.3, 0.4) is 0 Å². The number of hydrogen-bond acceptors (Lipinski definition) is 5. The Kier molecular flexibility index (Phi) is 5.35. The van der Waals surface area contributed by atoms with Gasteiger partial charge in [-0.2, -0.15) is 0 Å². The summed E-state index contributed by atoms with van der Waals surface area (Å²) >= 11 is 0. The standard InChI is InChI=1S/C15H15N3O5/c16-15(21)18-11-5-3-10(4-6-11)14(20)23-9-13(19)17-8-12-2-1-7-22-12/h1-7H,8-9H2,(H,17,19)(H3,16,18,21). The zero-order chi connectivity index (χ0) is 16.7. The van der Waals surface area contributed by atoms with Crippen molar-refractivity contribution in [2.75, 3.05) is 11.9 Å². The lowest BCUT2D eigenvalue weighted by molar-refractivity contribution is -0.124. The first-order chi connectivity index (χ1) is 11.0. The molecular weight excluding hydrogens is 302 g/mol. The first kappa shape index (κ1) is 16.1. The maximum atomic E-state index is 11.8. The Morgan fingerprint density at radius 2 is 1.87 bits per heavy atom. The zero-order valence-corrected chi connectivity index (χ0v) is 12.1. The van der Waals surface area contributed by atoms with E-state index >= 15 is 0 Å². The van der Waals surface area contributed by atoms with Crippen molar-refractivity contribution in [3.8, 4) is 0 Å². The molecule has 1 aromatic heterocycles. The molecule has 0 unspecified atom stereocenters. The molecule has 0 radical (unpaired) electrons. The normalized spacial score (nSPS) is 9.91. The van der Waals surface area contributed by atoms with Crippen molar-refractivity contribution in [2.45, 2.75) is 6.54 Å². The average molecular weight is 317 g/mol. The second kappa shape index (κ2) is 7.64. The van der Waals surface area contributed by atoms with Crippen LogP contribution in [-0.2, 0) is 16.1 Å². The minimum absolute atomic E-state index is 0.219. The molecule has 23 heavy (non-hydrogen) atoms. The number of ether oxygens (including phenoxy) is 1. The largest absolute Gasteiger partial charge is 0.467 e. The van der Waals surface area contributed by atoms with Crippen LogP contribution in [0.2, 0.25) is 0 Å². The first-order valence-corrected chi connectivity index (χ1v) is 6.67. The SMILES string of the molecule is NC(=O)Nc1ccc(C(=O)OCC(=O)NCc2ccco2)cc1. The van der Waals surface area contributed by atoms with Crippen LogP contribution < -0.4 is 16.4 Å². The number of anilines is 1. The predicted octanol–water partition coefficient (Wildman–Crippen LogP) is 1.24. The third kappa shape index (κ3) is 5.20. The second-order valence-electron chi connectivity index (χ2n) is 4.50. The van der Waals surface area contributed by atoms with Gasteiger partial charge in [-0.25, -0.2) is 9.59 Å². The maximum absolute atomic E-state index is 11.8. The van der Waals surface area contributed by atoms with Gasteiger partial charge in [-0.15, -0.1) is 0 Å². The predicted molar refractivity (Wildman–Crippen MR) is 80.5 cm³/mol. The van der Waals surface area contributed by atoms with Crippen molar-refractivity contribution in [1.82, 2.24) is 5.32 Å². The average Bonchev–Trinajstić information content (AvgIpc) is 3.04. The number of amides is 3. The van der Waals surface area contributed by atoms with Crippen molar-refractivity contribution in [1.29, 1.82) is 0 Å². The van der Waals surface area contributed by atoms with E-state index in [1.165, 1.54) is 30.5 Å². The maximum Gasteiger partial charge on any atom is 0.338 e. The van der Waals surface area contributed by atoms with Gasteiger partial charge < -0.3 is 25.5 Å². The minimum Gasteiger partial charge on any atom is -0.467 e. The van der Waals surface area contributed by atoms with E-state index in [-0.39, 0.29) is 12.1 Å². The van der Waals surface area contributed by atoms with Gasteiger partial charge in [0.15, 0.2) is 6.61 Å². The lowest BCUT2D eigenvalue weighted by Gasteiger charge is -2.06. The van der Waals surface area contributed by atoms with E-state index < -0.39 is 24.5 Å². The number of furan rings is 1. The van der Waals surface area contributed by atoms with Crippen LogP contribution >= 0.6 is 0 Å². The van der Waals surface area contributed by atoms with Crippen LogP contribution in [-0.4, -0.2) is 24.5 Å². The molecule has 0 saturated carbocycles. The summed E-state index contributed by atoms with van der Waals surface area (Å²) < 4.78 is 9.94. The Bertz CT molecular complexity index is 680. The van der Waals surface area contributed by atoms with Crippen molar-refractivity contribution >= 4 is 23.6 Å². The second-order valence-corrected chi connectivity index (χ2v) is 4.50. The van der Waals surface area contributed by atoms with Crippen molar-refractivity contribution in [3.63, 3.8) is 0 Å². The highest BCUT2D eigenvalue weighted by Gasteiger charge is 2.10. The molecule has 0 bridgehead atoms. The Hall–Kier alpha value is -3.29. The summed E-state index contributed by atoms with van der Waals surface area (Å²) in [5, 5.41) is 4.92. The summed E-state index contributed by atoms with van der Waals surface area (Å²) in [5.41, 5.74) is 5.67. The summed E-state index contributed by atoms with van der Waals surface area (Å²) in [6.07, 6.45) is 1.50. The summed E-state index contributed by atoms with van der Waals surface area (Å²) in [6.45, 7) is -0.183. The smallest absolute Gasteiger partial charge is 0.338 e. The summed E-state index contributed by atoms with van der Waals surface area (Å²) in [6, 6.07) is 8.62. The molecule has 2 rings (SSSR count). The Balaban J connectivity index is 1.77. The third-order valence-corrected chi connectivity index (χ3v) is 2.76. The van der Waals surface area contributed by atoms with Crippen molar-refractivity contribution in [2.24, 2.45) is 5.73 Å². The van der Waals surface area contributed by atoms with E-state index in [0.29, 0.717) is 11.4 Å². The molecule has 3 amide bonds. The number of primary amides is 1. The molecular formula is C15H15N3O5. The quantitative estimate of drug-likeness (QED) is 0.692. The lowest BCUT2D eigenvalue weighted by atomic mass is 10.2. The number of esters is 1. The van der Waals surface area contributed by atoms with Crippen LogP contribution in [0.1, 0.15) is 16.1 Å². The van der Waals surface area contributed by atoms with Crippen LogP contribution in [0.15, 0.2) is 47.1 Å². The first-order valence-electron chi connectivity index (χ1n) is 6.67. The topological polar surface area (TPSA) is 124 Å². The van der Waals surface area contributed by atoms with E-state index in [1.807, 2.05) is 0 Å². The van der Waals surface area contributed by atoms with Crippen LogP contribution in [0, 0.1) is 0 Å². The fraction of sp³-hybridized carbons (Fsp3) is 0.133. The molecule has 1 heterocycles. The molecule has 120 valence electrons. The van der Waals surface area contributed by atoms with Gasteiger partial charge in [0.25, 0.3) is 5.91 Å². The molecule has 0 fully saturated rings. The van der Waals surface area contributed by atoms with E-state index in [2.05, 4.69) is 10.6 Å². The molecule has 0 aliphatic rings. The van der Waals surface area contributed by atoms with Crippen molar-refractivity contribution < 1.29 is 23.5 Å². The Morgan fingerprint density at radius 1 is 1.13 bits per heavy atom. The summed E-state index contributed by atoms with van der Waals surface area (Å²) in [7, 11) is 0. The number of urea groups is 1. The van der Waals surface area contributed by atoms with E-state index in [0.717, 1.165) is 0 Å². The van der Waals surface area contributed by atoms with Gasteiger partial charge >= 0.3 is 12.0 Å². The Labute approximate surface area is 131 Å². The van der Waals surface area contributed by atoms with Crippen LogP contribution in [0.25, 0.3) is 0 Å². The van der Waals surface area contributed by atoms with E-state index in [1.54, 1.807) is 12.1 Å². The number of rotatable bonds is 6. The zero-order valence-electron chi connectivity index (χ0n) is 12.1. The number of carbonyl (C=O) groups is 3. The van der Waals surface area contributed by atoms with Crippen LogP contribution in [0.5, 0.6) is 0 Å². The van der Waals surface area contributed by atoms with Gasteiger partial charge in [-0.05, 0) is 36.4 Å². The number of nitrogens with two attached hydrogens (primary N) is 1. The fourth-order valence-corrected chi connectivity index (χ4v) is 1.70. The number of nitrogens with one attached hydrogen (secondary N) is 2. The Morgan fingerprint density at radius 3 is 2.48 bits per heavy atom. The van der Waals surface area contributed by atoms with E-state index in [4.69, 9.17) is 14.9 Å². The molecule has 0 aliphatic heterocycles. The fourth-order valence-electron chi connectivity index (χ4n) is 1.70.